The third-order valence-electron chi connectivity index (χ3n) is 4.28. The lowest BCUT2D eigenvalue weighted by molar-refractivity contribution is -0.121. The van der Waals surface area contributed by atoms with Crippen LogP contribution in [0.3, 0.4) is 0 Å². The number of hydrogen-bond acceptors (Lipinski definition) is 3. The molecule has 0 spiro atoms. The molecule has 116 valence electrons. The Labute approximate surface area is 129 Å². The van der Waals surface area contributed by atoms with Gasteiger partial charge >= 0.3 is 0 Å². The van der Waals surface area contributed by atoms with E-state index in [0.717, 1.165) is 23.0 Å². The summed E-state index contributed by atoms with van der Waals surface area (Å²) < 4.78 is 5.74. The van der Waals surface area contributed by atoms with Crippen LogP contribution in [0.4, 0.5) is 0 Å². The lowest BCUT2D eigenvalue weighted by Gasteiger charge is -2.14. The summed E-state index contributed by atoms with van der Waals surface area (Å²) in [5, 5.41) is 3.58. The average molecular weight is 300 g/mol. The largest absolute Gasteiger partial charge is 0.451 e. The highest BCUT2D eigenvalue weighted by Gasteiger charge is 2.29. The Kier molecular flexibility index (Phi) is 3.88. The van der Waals surface area contributed by atoms with E-state index >= 15 is 0 Å². The number of furan rings is 1. The zero-order valence-corrected chi connectivity index (χ0v) is 12.9. The molecule has 0 unspecified atom stereocenters. The van der Waals surface area contributed by atoms with Crippen molar-refractivity contribution < 1.29 is 14.0 Å². The van der Waals surface area contributed by atoms with Crippen molar-refractivity contribution in [2.75, 3.05) is 20.1 Å². The molecular weight excluding hydrogens is 280 g/mol. The fourth-order valence-electron chi connectivity index (χ4n) is 3.02. The molecule has 2 amide bonds. The number of rotatable bonds is 3. The summed E-state index contributed by atoms with van der Waals surface area (Å²) in [6.07, 6.45) is 1.33. The van der Waals surface area contributed by atoms with E-state index in [4.69, 9.17) is 4.42 Å². The van der Waals surface area contributed by atoms with Crippen molar-refractivity contribution in [1.82, 2.24) is 10.2 Å². The van der Waals surface area contributed by atoms with E-state index in [1.807, 2.05) is 25.1 Å². The molecule has 1 aliphatic heterocycles. The monoisotopic (exact) mass is 300 g/mol. The summed E-state index contributed by atoms with van der Waals surface area (Å²) in [6, 6.07) is 7.67. The van der Waals surface area contributed by atoms with Crippen LogP contribution in [0.1, 0.15) is 29.0 Å². The molecule has 1 fully saturated rings. The van der Waals surface area contributed by atoms with E-state index in [1.165, 1.54) is 0 Å². The van der Waals surface area contributed by atoms with Crippen molar-refractivity contribution in [3.05, 3.63) is 35.6 Å². The van der Waals surface area contributed by atoms with E-state index < -0.39 is 0 Å². The number of hydrogen-bond donors (Lipinski definition) is 1. The molecule has 22 heavy (non-hydrogen) atoms. The van der Waals surface area contributed by atoms with E-state index in [-0.39, 0.29) is 17.7 Å². The molecule has 5 heteroatoms. The quantitative estimate of drug-likeness (QED) is 0.946. The Bertz CT molecular complexity index is 720. The van der Waals surface area contributed by atoms with Crippen molar-refractivity contribution in [3.8, 4) is 0 Å². The molecule has 1 N–H and O–H groups in total. The van der Waals surface area contributed by atoms with Gasteiger partial charge in [0.2, 0.25) is 5.91 Å². The van der Waals surface area contributed by atoms with Gasteiger partial charge in [0, 0.05) is 31.9 Å². The van der Waals surface area contributed by atoms with Gasteiger partial charge in [-0.3, -0.25) is 9.59 Å². The van der Waals surface area contributed by atoms with Gasteiger partial charge in [-0.1, -0.05) is 18.2 Å². The summed E-state index contributed by atoms with van der Waals surface area (Å²) >= 11 is 0. The van der Waals surface area contributed by atoms with Gasteiger partial charge in [-0.05, 0) is 30.9 Å². The molecule has 1 atom stereocenters. The molecule has 0 aliphatic carbocycles. The highest BCUT2D eigenvalue weighted by Crippen LogP contribution is 2.26. The third kappa shape index (κ3) is 2.71. The van der Waals surface area contributed by atoms with Gasteiger partial charge in [-0.15, -0.1) is 0 Å². The highest BCUT2D eigenvalue weighted by molar-refractivity contribution is 5.96. The molecule has 1 aliphatic rings. The van der Waals surface area contributed by atoms with Crippen molar-refractivity contribution in [1.29, 1.82) is 0 Å². The fraction of sp³-hybridized carbons (Fsp3) is 0.412. The minimum Gasteiger partial charge on any atom is -0.451 e. The van der Waals surface area contributed by atoms with Crippen LogP contribution >= 0.6 is 0 Å². The van der Waals surface area contributed by atoms with E-state index in [9.17, 15) is 9.59 Å². The Balaban J connectivity index is 1.73. The zero-order chi connectivity index (χ0) is 15.7. The molecule has 0 saturated carbocycles. The molecule has 1 saturated heterocycles. The molecule has 2 aromatic rings. The number of amides is 2. The van der Waals surface area contributed by atoms with Crippen LogP contribution in [0.5, 0.6) is 0 Å². The first-order chi connectivity index (χ1) is 10.6. The minimum absolute atomic E-state index is 0.0265. The van der Waals surface area contributed by atoms with Crippen LogP contribution in [-0.4, -0.2) is 36.9 Å². The van der Waals surface area contributed by atoms with Crippen LogP contribution in [-0.2, 0) is 4.79 Å². The number of carbonyl (C=O) groups excluding carboxylic acids is 2. The minimum atomic E-state index is -0.0880. The first-order valence-corrected chi connectivity index (χ1v) is 7.57. The topological polar surface area (TPSA) is 62.6 Å². The smallest absolute Gasteiger partial charge is 0.289 e. The van der Waals surface area contributed by atoms with E-state index in [1.54, 1.807) is 18.0 Å². The maximum Gasteiger partial charge on any atom is 0.289 e. The van der Waals surface area contributed by atoms with Gasteiger partial charge in [0.1, 0.15) is 5.58 Å². The van der Waals surface area contributed by atoms with Crippen molar-refractivity contribution in [3.63, 3.8) is 0 Å². The molecule has 1 aromatic heterocycles. The summed E-state index contributed by atoms with van der Waals surface area (Å²) in [5.74, 6) is 0.550. The first kappa shape index (κ1) is 14.6. The van der Waals surface area contributed by atoms with Crippen LogP contribution in [0.2, 0.25) is 0 Å². The Hall–Kier alpha value is -2.30. The van der Waals surface area contributed by atoms with Gasteiger partial charge in [-0.2, -0.15) is 0 Å². The predicted octanol–water partition coefficient (Wildman–Crippen LogP) is 2.34. The van der Waals surface area contributed by atoms with Crippen LogP contribution in [0.25, 0.3) is 11.0 Å². The van der Waals surface area contributed by atoms with Gasteiger partial charge in [0.15, 0.2) is 5.76 Å². The third-order valence-corrected chi connectivity index (χ3v) is 4.28. The van der Waals surface area contributed by atoms with Gasteiger partial charge in [0.05, 0.1) is 0 Å². The van der Waals surface area contributed by atoms with Crippen LogP contribution < -0.4 is 5.32 Å². The molecule has 1 aromatic carbocycles. The standard InChI is InChI=1S/C17H20N2O3/c1-11-4-3-5-13-9-14(22-16(11)13)17(21)19-7-6-12(10-19)8-15(20)18-2/h3-5,9,12H,6-8,10H2,1-2H3,(H,18,20)/t12-/m0/s1. The normalized spacial score (nSPS) is 17.9. The van der Waals surface area contributed by atoms with Crippen LogP contribution in [0.15, 0.2) is 28.7 Å². The summed E-state index contributed by atoms with van der Waals surface area (Å²) in [7, 11) is 1.64. The summed E-state index contributed by atoms with van der Waals surface area (Å²) in [6.45, 7) is 3.26. The molecule has 0 bridgehead atoms. The maximum absolute atomic E-state index is 12.6. The van der Waals surface area contributed by atoms with Crippen LogP contribution in [0, 0.1) is 12.8 Å². The number of fused-ring (bicyclic) bond motifs is 1. The Morgan fingerprint density at radius 2 is 2.23 bits per heavy atom. The fourth-order valence-corrected chi connectivity index (χ4v) is 3.02. The second-order valence-electron chi connectivity index (χ2n) is 5.89. The van der Waals surface area contributed by atoms with E-state index in [2.05, 4.69) is 5.32 Å². The van der Waals surface area contributed by atoms with Crippen molar-refractivity contribution in [2.45, 2.75) is 19.8 Å². The Morgan fingerprint density at radius 3 is 2.95 bits per heavy atom. The van der Waals surface area contributed by atoms with Gasteiger partial charge in [0.25, 0.3) is 5.91 Å². The lowest BCUT2D eigenvalue weighted by atomic mass is 10.0. The second-order valence-corrected chi connectivity index (χ2v) is 5.89. The first-order valence-electron chi connectivity index (χ1n) is 7.57. The summed E-state index contributed by atoms with van der Waals surface area (Å²) in [5.41, 5.74) is 1.79. The SMILES string of the molecule is CNC(=O)C[C@@H]1CCN(C(=O)c2cc3cccc(C)c3o2)C1. The molecule has 3 rings (SSSR count). The molecular formula is C17H20N2O3. The van der Waals surface area contributed by atoms with Gasteiger partial charge < -0.3 is 14.6 Å². The number of nitrogens with one attached hydrogen (secondary N) is 1. The summed E-state index contributed by atoms with van der Waals surface area (Å²) in [4.78, 5) is 25.8. The average Bonchev–Trinajstić information content (AvgIpc) is 3.14. The van der Waals surface area contributed by atoms with Gasteiger partial charge in [-0.25, -0.2) is 0 Å². The molecule has 2 heterocycles. The zero-order valence-electron chi connectivity index (χ0n) is 12.9. The van der Waals surface area contributed by atoms with Crippen molar-refractivity contribution >= 4 is 22.8 Å². The molecule has 5 nitrogen and oxygen atoms in total. The number of aryl methyl sites for hydroxylation is 1. The molecule has 0 radical (unpaired) electrons. The predicted molar refractivity (Wildman–Crippen MR) is 83.6 cm³/mol. The number of para-hydroxylation sites is 1. The van der Waals surface area contributed by atoms with Crippen molar-refractivity contribution in [2.24, 2.45) is 5.92 Å². The highest BCUT2D eigenvalue weighted by atomic mass is 16.3. The number of likely N-dealkylation sites (tertiary alicyclic amines) is 1. The number of nitrogens with zero attached hydrogens (tertiary/aromatic N) is 1. The Morgan fingerprint density at radius 1 is 1.41 bits per heavy atom. The number of benzene rings is 1. The maximum atomic E-state index is 12.6. The van der Waals surface area contributed by atoms with E-state index in [0.29, 0.717) is 25.3 Å². The number of carbonyl (C=O) groups is 2. The lowest BCUT2D eigenvalue weighted by Crippen LogP contribution is -2.29. The second kappa shape index (κ2) is 5.83.